The summed E-state index contributed by atoms with van der Waals surface area (Å²) in [5, 5.41) is 13.4. The maximum Gasteiger partial charge on any atom is 0.359 e. The molecule has 5 aromatic rings. The molecule has 0 radical (unpaired) electrons. The normalized spacial score (nSPS) is 15.4. The van der Waals surface area contributed by atoms with Crippen molar-refractivity contribution in [2.75, 3.05) is 6.61 Å². The van der Waals surface area contributed by atoms with Crippen LogP contribution in [0.25, 0.3) is 21.7 Å². The Morgan fingerprint density at radius 2 is 1.86 bits per heavy atom. The summed E-state index contributed by atoms with van der Waals surface area (Å²) in [5.41, 5.74) is 0.766. The number of hydrazone groups is 1. The molecule has 0 aliphatic carbocycles. The summed E-state index contributed by atoms with van der Waals surface area (Å²) in [4.78, 5) is 37.9. The number of H-pyrrole nitrogens is 1. The second-order valence-electron chi connectivity index (χ2n) is 8.19. The number of fused-ring (bicyclic) bond motifs is 2. The number of hydrogen-bond donors (Lipinski definition) is 1. The van der Waals surface area contributed by atoms with E-state index in [0.717, 1.165) is 5.39 Å². The second-order valence-corrected chi connectivity index (χ2v) is 8.19. The summed E-state index contributed by atoms with van der Waals surface area (Å²) in [5.74, 6) is -0.308. The van der Waals surface area contributed by atoms with Crippen LogP contribution in [0.2, 0.25) is 0 Å². The number of ether oxygens (including phenoxy) is 1. The quantitative estimate of drug-likeness (QED) is 0.377. The van der Waals surface area contributed by atoms with Crippen LogP contribution in [0.3, 0.4) is 0 Å². The van der Waals surface area contributed by atoms with Gasteiger partial charge in [-0.1, -0.05) is 36.4 Å². The monoisotopic (exact) mass is 482 g/mol. The number of aromatic nitrogens is 2. The Balaban J connectivity index is 1.25. The molecule has 0 saturated carbocycles. The number of benzene rings is 2. The molecule has 10 nitrogen and oxygen atoms in total. The molecule has 1 N–H and O–H groups in total. The third kappa shape index (κ3) is 3.74. The average Bonchev–Trinajstić information content (AvgIpc) is 3.66. The van der Waals surface area contributed by atoms with Gasteiger partial charge in [-0.25, -0.2) is 14.9 Å². The molecular weight excluding hydrogens is 464 g/mol. The van der Waals surface area contributed by atoms with Crippen molar-refractivity contribution in [2.24, 2.45) is 5.10 Å². The van der Waals surface area contributed by atoms with Crippen LogP contribution in [-0.2, 0) is 9.53 Å². The maximum absolute atomic E-state index is 13.1. The smallest absolute Gasteiger partial charge is 0.359 e. The lowest BCUT2D eigenvalue weighted by Gasteiger charge is -2.19. The van der Waals surface area contributed by atoms with E-state index < -0.39 is 30.1 Å². The minimum absolute atomic E-state index is 0.0894. The van der Waals surface area contributed by atoms with Gasteiger partial charge in [-0.2, -0.15) is 10.2 Å². The Bertz CT molecular complexity index is 1670. The zero-order valence-electron chi connectivity index (χ0n) is 18.7. The van der Waals surface area contributed by atoms with E-state index >= 15 is 0 Å². The Morgan fingerprint density at radius 3 is 2.67 bits per heavy atom. The van der Waals surface area contributed by atoms with Crippen molar-refractivity contribution in [3.05, 3.63) is 101 Å². The number of nitrogens with one attached hydrogen (secondary N) is 1. The minimum atomic E-state index is -0.842. The fourth-order valence-electron chi connectivity index (χ4n) is 4.25. The van der Waals surface area contributed by atoms with Crippen molar-refractivity contribution >= 4 is 39.3 Å². The zero-order chi connectivity index (χ0) is 24.6. The van der Waals surface area contributed by atoms with Gasteiger partial charge in [-0.3, -0.25) is 9.59 Å². The fraction of sp³-hybridized carbons (Fsp3) is 0.115. The van der Waals surface area contributed by atoms with E-state index in [1.807, 2.05) is 30.3 Å². The Labute approximate surface area is 202 Å². The predicted molar refractivity (Wildman–Crippen MR) is 128 cm³/mol. The molecule has 2 aromatic carbocycles. The van der Waals surface area contributed by atoms with E-state index in [-0.39, 0.29) is 5.69 Å². The number of rotatable bonds is 5. The number of nitrogens with zero attached hydrogens (tertiary/aromatic N) is 3. The number of hydrogen-bond acceptors (Lipinski definition) is 8. The number of amides is 1. The van der Waals surface area contributed by atoms with Crippen LogP contribution in [0.1, 0.15) is 34.5 Å². The van der Waals surface area contributed by atoms with E-state index in [1.54, 1.807) is 36.4 Å². The van der Waals surface area contributed by atoms with E-state index in [4.69, 9.17) is 13.6 Å². The first-order chi connectivity index (χ1) is 17.6. The minimum Gasteiger partial charge on any atom is -0.467 e. The van der Waals surface area contributed by atoms with Crippen molar-refractivity contribution in [2.45, 2.75) is 12.5 Å². The standard InChI is InChI=1S/C26H18N4O6/c31-23(14-35-26(33)24-16-7-2-3-8-17(16)25(32)28-27-24)30-19(21-10-5-11-34-21)13-18(29-30)22-12-15-6-1-4-9-20(15)36-22/h1-12,19H,13-14H2,(H,28,32)/t19-/m0/s1. The van der Waals surface area contributed by atoms with Gasteiger partial charge < -0.3 is 13.6 Å². The Kier molecular flexibility index (Phi) is 5.18. The number of furan rings is 2. The van der Waals surface area contributed by atoms with Crippen LogP contribution in [0, 0.1) is 0 Å². The lowest BCUT2D eigenvalue weighted by atomic mass is 10.1. The highest BCUT2D eigenvalue weighted by Crippen LogP contribution is 2.34. The molecule has 1 atom stereocenters. The van der Waals surface area contributed by atoms with Crippen molar-refractivity contribution < 1.29 is 23.2 Å². The third-order valence-corrected chi connectivity index (χ3v) is 5.96. The summed E-state index contributed by atoms with van der Waals surface area (Å²) >= 11 is 0. The van der Waals surface area contributed by atoms with Gasteiger partial charge >= 0.3 is 5.97 Å². The molecule has 1 aliphatic rings. The summed E-state index contributed by atoms with van der Waals surface area (Å²) < 4.78 is 16.7. The summed E-state index contributed by atoms with van der Waals surface area (Å²) in [7, 11) is 0. The topological polar surface area (TPSA) is 131 Å². The summed E-state index contributed by atoms with van der Waals surface area (Å²) in [6.07, 6.45) is 1.88. The summed E-state index contributed by atoms with van der Waals surface area (Å²) in [6, 6.07) is 18.9. The van der Waals surface area contributed by atoms with E-state index in [9.17, 15) is 14.4 Å². The van der Waals surface area contributed by atoms with Gasteiger partial charge in [-0.05, 0) is 30.3 Å². The van der Waals surface area contributed by atoms with Crippen molar-refractivity contribution in [1.82, 2.24) is 15.2 Å². The number of para-hydroxylation sites is 1. The molecule has 3 aromatic heterocycles. The molecule has 0 bridgehead atoms. The van der Waals surface area contributed by atoms with E-state index in [2.05, 4.69) is 15.3 Å². The maximum atomic E-state index is 13.1. The Hall–Kier alpha value is -4.99. The van der Waals surface area contributed by atoms with Crippen molar-refractivity contribution in [3.63, 3.8) is 0 Å². The van der Waals surface area contributed by atoms with Gasteiger partial charge in [0.1, 0.15) is 23.1 Å². The van der Waals surface area contributed by atoms with E-state index in [0.29, 0.717) is 40.0 Å². The largest absolute Gasteiger partial charge is 0.467 e. The lowest BCUT2D eigenvalue weighted by Crippen LogP contribution is -2.31. The predicted octanol–water partition coefficient (Wildman–Crippen LogP) is 3.80. The second kappa shape index (κ2) is 8.66. The molecule has 4 heterocycles. The van der Waals surface area contributed by atoms with Crippen LogP contribution < -0.4 is 5.56 Å². The molecule has 178 valence electrons. The SMILES string of the molecule is O=C(OCC(=O)N1N=C(c2cc3ccccc3o2)C[C@H]1c1ccco1)c1n[nH]c(=O)c2ccccc12. The first kappa shape index (κ1) is 21.5. The van der Waals surface area contributed by atoms with Crippen molar-refractivity contribution in [3.8, 4) is 0 Å². The summed E-state index contributed by atoms with van der Waals surface area (Å²) in [6.45, 7) is -0.581. The first-order valence-corrected chi connectivity index (χ1v) is 11.1. The van der Waals surface area contributed by atoms with E-state index in [1.165, 1.54) is 11.3 Å². The highest BCUT2D eigenvalue weighted by Gasteiger charge is 2.36. The molecule has 10 heteroatoms. The average molecular weight is 482 g/mol. The van der Waals surface area contributed by atoms with Gasteiger partial charge in [-0.15, -0.1) is 0 Å². The molecule has 1 amide bonds. The van der Waals surface area contributed by atoms with Gasteiger partial charge in [0, 0.05) is 17.2 Å². The van der Waals surface area contributed by atoms with Gasteiger partial charge in [0.2, 0.25) is 0 Å². The van der Waals surface area contributed by atoms with Crippen LogP contribution in [-0.4, -0.2) is 39.4 Å². The Morgan fingerprint density at radius 1 is 1.06 bits per heavy atom. The third-order valence-electron chi connectivity index (χ3n) is 5.96. The highest BCUT2D eigenvalue weighted by atomic mass is 16.5. The van der Waals surface area contributed by atoms with Gasteiger partial charge in [0.25, 0.3) is 11.5 Å². The molecule has 1 aliphatic heterocycles. The fourth-order valence-corrected chi connectivity index (χ4v) is 4.25. The van der Waals surface area contributed by atoms with Crippen LogP contribution in [0.4, 0.5) is 0 Å². The number of esters is 1. The number of carbonyl (C=O) groups excluding carboxylic acids is 2. The molecule has 36 heavy (non-hydrogen) atoms. The molecule has 6 rings (SSSR count). The van der Waals surface area contributed by atoms with Gasteiger partial charge in [0.05, 0.1) is 11.6 Å². The number of carbonyl (C=O) groups is 2. The first-order valence-electron chi connectivity index (χ1n) is 11.1. The lowest BCUT2D eigenvalue weighted by molar-refractivity contribution is -0.136. The molecule has 0 spiro atoms. The van der Waals surface area contributed by atoms with Crippen LogP contribution in [0.5, 0.6) is 0 Å². The highest BCUT2D eigenvalue weighted by molar-refractivity contribution is 6.04. The zero-order valence-corrected chi connectivity index (χ0v) is 18.7. The molecule has 0 saturated heterocycles. The molecule has 0 unspecified atom stereocenters. The van der Waals surface area contributed by atoms with Crippen LogP contribution >= 0.6 is 0 Å². The van der Waals surface area contributed by atoms with Gasteiger partial charge in [0.15, 0.2) is 18.1 Å². The van der Waals surface area contributed by atoms with Crippen LogP contribution in [0.15, 0.2) is 91.7 Å². The molecular formula is C26H18N4O6. The van der Waals surface area contributed by atoms with Crippen molar-refractivity contribution in [1.29, 1.82) is 0 Å². The molecule has 0 fully saturated rings. The number of aromatic amines is 1.